The van der Waals surface area contributed by atoms with E-state index in [1.807, 2.05) is 30.4 Å². The predicted molar refractivity (Wildman–Crippen MR) is 71.0 cm³/mol. The highest BCUT2D eigenvalue weighted by molar-refractivity contribution is 6.15. The number of ether oxygens (including phenoxy) is 1. The minimum Gasteiger partial charge on any atom is -0.469 e. The van der Waals surface area contributed by atoms with Crippen LogP contribution in [0.1, 0.15) is 23.2 Å². The first-order valence-electron chi connectivity index (χ1n) is 6.34. The third kappa shape index (κ3) is 1.59. The third-order valence-electron chi connectivity index (χ3n) is 3.99. The van der Waals surface area contributed by atoms with Crippen molar-refractivity contribution >= 4 is 17.4 Å². The fourth-order valence-corrected chi connectivity index (χ4v) is 3.00. The maximum Gasteiger partial charge on any atom is 0.311 e. The fraction of sp³-hybridized carbons (Fsp3) is 0.333. The number of fused-ring (bicyclic) bond motifs is 1. The molecular formula is C15H15NO3. The van der Waals surface area contributed by atoms with Crippen molar-refractivity contribution in [2.75, 3.05) is 12.4 Å². The number of rotatable bonds is 1. The Balaban J connectivity index is 2.06. The summed E-state index contributed by atoms with van der Waals surface area (Å²) in [4.78, 5) is 24.7. The molecular weight excluding hydrogens is 242 g/mol. The molecule has 1 aliphatic carbocycles. The van der Waals surface area contributed by atoms with Gasteiger partial charge in [0.25, 0.3) is 0 Å². The van der Waals surface area contributed by atoms with Crippen LogP contribution in [0.15, 0.2) is 36.4 Å². The molecule has 2 unspecified atom stereocenters. The summed E-state index contributed by atoms with van der Waals surface area (Å²) in [5, 5.41) is 3.26. The van der Waals surface area contributed by atoms with Gasteiger partial charge in [-0.1, -0.05) is 24.3 Å². The number of para-hydroxylation sites is 1. The van der Waals surface area contributed by atoms with Crippen molar-refractivity contribution in [2.24, 2.45) is 5.92 Å². The van der Waals surface area contributed by atoms with E-state index in [0.717, 1.165) is 5.69 Å². The van der Waals surface area contributed by atoms with Gasteiger partial charge in [0.15, 0.2) is 5.78 Å². The van der Waals surface area contributed by atoms with E-state index in [2.05, 4.69) is 5.32 Å². The molecule has 98 valence electrons. The Hall–Kier alpha value is -2.10. The van der Waals surface area contributed by atoms with E-state index in [4.69, 9.17) is 4.74 Å². The lowest BCUT2D eigenvalue weighted by Crippen LogP contribution is -2.52. The number of esters is 1. The number of carbonyl (C=O) groups is 2. The van der Waals surface area contributed by atoms with Crippen molar-refractivity contribution in [3.05, 3.63) is 42.0 Å². The lowest BCUT2D eigenvalue weighted by molar-refractivity contribution is -0.147. The van der Waals surface area contributed by atoms with E-state index in [-0.39, 0.29) is 11.8 Å². The first kappa shape index (κ1) is 12.0. The van der Waals surface area contributed by atoms with Crippen molar-refractivity contribution in [1.29, 1.82) is 0 Å². The summed E-state index contributed by atoms with van der Waals surface area (Å²) < 4.78 is 4.86. The largest absolute Gasteiger partial charge is 0.469 e. The first-order chi connectivity index (χ1) is 9.19. The Morgan fingerprint density at radius 3 is 2.89 bits per heavy atom. The molecule has 1 aromatic rings. The lowest BCUT2D eigenvalue weighted by atomic mass is 9.73. The van der Waals surface area contributed by atoms with E-state index in [1.54, 1.807) is 6.07 Å². The molecule has 0 fully saturated rings. The Morgan fingerprint density at radius 2 is 2.16 bits per heavy atom. The number of hydrogen-bond acceptors (Lipinski definition) is 4. The van der Waals surface area contributed by atoms with E-state index < -0.39 is 11.5 Å². The smallest absolute Gasteiger partial charge is 0.311 e. The summed E-state index contributed by atoms with van der Waals surface area (Å²) >= 11 is 0. The van der Waals surface area contributed by atoms with Crippen LogP contribution in [0.4, 0.5) is 5.69 Å². The van der Waals surface area contributed by atoms with Crippen molar-refractivity contribution < 1.29 is 14.3 Å². The molecule has 0 radical (unpaired) electrons. The van der Waals surface area contributed by atoms with Gasteiger partial charge in [-0.15, -0.1) is 0 Å². The molecule has 0 saturated carbocycles. The Morgan fingerprint density at radius 1 is 1.37 bits per heavy atom. The minimum absolute atomic E-state index is 0.0112. The average Bonchev–Trinajstić information content (AvgIpc) is 2.72. The summed E-state index contributed by atoms with van der Waals surface area (Å²) in [6, 6.07) is 7.38. The number of methoxy groups -OCH3 is 1. The summed E-state index contributed by atoms with van der Waals surface area (Å²) in [6.45, 7) is 0. The maximum absolute atomic E-state index is 12.7. The van der Waals surface area contributed by atoms with Crippen LogP contribution in [0.2, 0.25) is 0 Å². The first-order valence-corrected chi connectivity index (χ1v) is 6.34. The normalized spacial score (nSPS) is 28.1. The summed E-state index contributed by atoms with van der Waals surface area (Å²) in [5.41, 5.74) is 0.592. The topological polar surface area (TPSA) is 55.4 Å². The number of anilines is 1. The van der Waals surface area contributed by atoms with E-state index in [9.17, 15) is 9.59 Å². The van der Waals surface area contributed by atoms with Crippen LogP contribution in [0.25, 0.3) is 0 Å². The fourth-order valence-electron chi connectivity index (χ4n) is 3.00. The Kier molecular flexibility index (Phi) is 2.66. The second-order valence-electron chi connectivity index (χ2n) is 4.96. The number of nitrogens with one attached hydrogen (secondary N) is 1. The highest BCUT2D eigenvalue weighted by Crippen LogP contribution is 2.43. The molecule has 0 bridgehead atoms. The predicted octanol–water partition coefficient (Wildman–Crippen LogP) is 2.17. The van der Waals surface area contributed by atoms with Gasteiger partial charge in [-0.3, -0.25) is 9.59 Å². The molecule has 1 aromatic carbocycles. The van der Waals surface area contributed by atoms with Gasteiger partial charge in [0.1, 0.15) is 5.54 Å². The zero-order valence-electron chi connectivity index (χ0n) is 10.7. The second kappa shape index (κ2) is 4.23. The summed E-state index contributed by atoms with van der Waals surface area (Å²) in [6.07, 6.45) is 4.93. The summed E-state index contributed by atoms with van der Waals surface area (Å²) in [7, 11) is 1.36. The molecule has 2 aliphatic rings. The van der Waals surface area contributed by atoms with E-state index in [1.165, 1.54) is 7.11 Å². The van der Waals surface area contributed by atoms with Gasteiger partial charge in [0.05, 0.1) is 13.0 Å². The number of benzene rings is 1. The Bertz CT molecular complexity index is 579. The number of carbonyl (C=O) groups excluding carboxylic acids is 2. The molecule has 2 atom stereocenters. The molecule has 1 aliphatic heterocycles. The van der Waals surface area contributed by atoms with Gasteiger partial charge < -0.3 is 10.1 Å². The van der Waals surface area contributed by atoms with Crippen LogP contribution in [0, 0.1) is 5.92 Å². The van der Waals surface area contributed by atoms with Crippen LogP contribution in [-0.4, -0.2) is 24.4 Å². The van der Waals surface area contributed by atoms with Gasteiger partial charge >= 0.3 is 5.97 Å². The molecule has 4 nitrogen and oxygen atoms in total. The van der Waals surface area contributed by atoms with E-state index >= 15 is 0 Å². The van der Waals surface area contributed by atoms with Crippen LogP contribution >= 0.6 is 0 Å². The van der Waals surface area contributed by atoms with Gasteiger partial charge in [0.2, 0.25) is 0 Å². The zero-order chi connectivity index (χ0) is 13.5. The monoisotopic (exact) mass is 257 g/mol. The van der Waals surface area contributed by atoms with Gasteiger partial charge in [-0.2, -0.15) is 0 Å². The van der Waals surface area contributed by atoms with Crippen LogP contribution in [0.3, 0.4) is 0 Å². The highest BCUT2D eigenvalue weighted by atomic mass is 16.5. The van der Waals surface area contributed by atoms with Gasteiger partial charge in [-0.25, -0.2) is 0 Å². The van der Waals surface area contributed by atoms with Gasteiger partial charge in [-0.05, 0) is 25.0 Å². The molecule has 0 saturated heterocycles. The Labute approximate surface area is 111 Å². The third-order valence-corrected chi connectivity index (χ3v) is 3.99. The molecule has 0 aromatic heterocycles. The van der Waals surface area contributed by atoms with E-state index in [0.29, 0.717) is 18.4 Å². The van der Waals surface area contributed by atoms with Crippen LogP contribution in [0.5, 0.6) is 0 Å². The lowest BCUT2D eigenvalue weighted by Gasteiger charge is -2.36. The molecule has 1 heterocycles. The summed E-state index contributed by atoms with van der Waals surface area (Å²) in [5.74, 6) is -0.816. The molecule has 0 amide bonds. The molecule has 1 spiro atoms. The number of ketones is 1. The molecule has 4 heteroatoms. The quantitative estimate of drug-likeness (QED) is 0.619. The number of hydrogen-bond donors (Lipinski definition) is 1. The van der Waals surface area contributed by atoms with Crippen molar-refractivity contribution in [3.63, 3.8) is 0 Å². The SMILES string of the molecule is COC(=O)C1CC=CCC12Nc1ccccc1C2=O. The molecule has 19 heavy (non-hydrogen) atoms. The zero-order valence-corrected chi connectivity index (χ0v) is 10.7. The minimum atomic E-state index is -0.870. The van der Waals surface area contributed by atoms with Crippen LogP contribution < -0.4 is 5.32 Å². The molecule has 1 N–H and O–H groups in total. The van der Waals surface area contributed by atoms with Crippen molar-refractivity contribution in [2.45, 2.75) is 18.4 Å². The van der Waals surface area contributed by atoms with Crippen molar-refractivity contribution in [1.82, 2.24) is 0 Å². The molecule has 3 rings (SSSR count). The highest BCUT2D eigenvalue weighted by Gasteiger charge is 2.53. The second-order valence-corrected chi connectivity index (χ2v) is 4.96. The number of Topliss-reactive ketones (excluding diaryl/α,β-unsaturated/α-hetero) is 1. The standard InChI is InChI=1S/C15H15NO3/c1-19-14(18)11-7-4-5-9-15(11)13(17)10-6-2-3-8-12(10)16-15/h2-6,8,11,16H,7,9H2,1H3. The van der Waals surface area contributed by atoms with Gasteiger partial charge in [0, 0.05) is 11.3 Å². The maximum atomic E-state index is 12.7. The average molecular weight is 257 g/mol. The van der Waals surface area contributed by atoms with Crippen molar-refractivity contribution in [3.8, 4) is 0 Å². The van der Waals surface area contributed by atoms with Crippen LogP contribution in [-0.2, 0) is 9.53 Å². The number of allylic oxidation sites excluding steroid dienone is 1.